The van der Waals surface area contributed by atoms with E-state index in [4.69, 9.17) is 0 Å². The van der Waals surface area contributed by atoms with E-state index in [1.165, 1.54) is 0 Å². The number of hydrogen-bond donors (Lipinski definition) is 1. The van der Waals surface area contributed by atoms with Crippen molar-refractivity contribution in [2.75, 3.05) is 0 Å². The predicted molar refractivity (Wildman–Crippen MR) is 58.8 cm³/mol. The molecule has 0 bridgehead atoms. The van der Waals surface area contributed by atoms with E-state index in [1.807, 2.05) is 51.1 Å². The SMILES string of the molecule is CC(C)(C)C(O)C#Cc1ccccc1. The lowest BCUT2D eigenvalue weighted by molar-refractivity contribution is 0.114. The fourth-order valence-corrected chi connectivity index (χ4v) is 0.890. The van der Waals surface area contributed by atoms with Crippen LogP contribution in [0.2, 0.25) is 0 Å². The second-order valence-corrected chi connectivity index (χ2v) is 4.40. The Hall–Kier alpha value is -1.26. The van der Waals surface area contributed by atoms with E-state index < -0.39 is 6.10 Å². The van der Waals surface area contributed by atoms with Crippen molar-refractivity contribution in [3.05, 3.63) is 35.9 Å². The van der Waals surface area contributed by atoms with Crippen LogP contribution >= 0.6 is 0 Å². The van der Waals surface area contributed by atoms with Crippen LogP contribution in [0.5, 0.6) is 0 Å². The molecule has 1 heteroatoms. The van der Waals surface area contributed by atoms with Crippen molar-refractivity contribution >= 4 is 0 Å². The Labute approximate surface area is 85.8 Å². The molecule has 74 valence electrons. The highest BCUT2D eigenvalue weighted by Crippen LogP contribution is 2.18. The quantitative estimate of drug-likeness (QED) is 0.620. The Balaban J connectivity index is 2.74. The van der Waals surface area contributed by atoms with E-state index in [0.717, 1.165) is 5.56 Å². The maximum Gasteiger partial charge on any atom is 0.119 e. The minimum Gasteiger partial charge on any atom is -0.380 e. The summed E-state index contributed by atoms with van der Waals surface area (Å²) >= 11 is 0. The number of rotatable bonds is 0. The zero-order chi connectivity index (χ0) is 10.6. The third-order valence-corrected chi connectivity index (χ3v) is 1.95. The summed E-state index contributed by atoms with van der Waals surface area (Å²) in [7, 11) is 0. The standard InChI is InChI=1S/C13H16O/c1-13(2,3)12(14)10-9-11-7-5-4-6-8-11/h4-8,12,14H,1-3H3. The van der Waals surface area contributed by atoms with E-state index in [-0.39, 0.29) is 5.41 Å². The third kappa shape index (κ3) is 3.24. The van der Waals surface area contributed by atoms with Gasteiger partial charge in [-0.2, -0.15) is 0 Å². The Morgan fingerprint density at radius 2 is 1.71 bits per heavy atom. The maximum absolute atomic E-state index is 9.67. The molecule has 14 heavy (non-hydrogen) atoms. The van der Waals surface area contributed by atoms with Crippen LogP contribution in [-0.2, 0) is 0 Å². The molecule has 1 nitrogen and oxygen atoms in total. The molecular weight excluding hydrogens is 172 g/mol. The van der Waals surface area contributed by atoms with Gasteiger partial charge in [0.05, 0.1) is 0 Å². The van der Waals surface area contributed by atoms with Gasteiger partial charge in [0.2, 0.25) is 0 Å². The molecule has 0 aliphatic rings. The average molecular weight is 188 g/mol. The van der Waals surface area contributed by atoms with Gasteiger partial charge in [-0.25, -0.2) is 0 Å². The molecule has 1 N–H and O–H groups in total. The summed E-state index contributed by atoms with van der Waals surface area (Å²) < 4.78 is 0. The maximum atomic E-state index is 9.67. The normalized spacial score (nSPS) is 12.9. The lowest BCUT2D eigenvalue weighted by atomic mass is 9.89. The Morgan fingerprint density at radius 3 is 2.21 bits per heavy atom. The number of aliphatic hydroxyl groups excluding tert-OH is 1. The molecule has 0 fully saturated rings. The number of hydrogen-bond acceptors (Lipinski definition) is 1. The predicted octanol–water partition coefficient (Wildman–Crippen LogP) is 2.45. The second-order valence-electron chi connectivity index (χ2n) is 4.40. The van der Waals surface area contributed by atoms with Crippen LogP contribution < -0.4 is 0 Å². The van der Waals surface area contributed by atoms with Crippen molar-refractivity contribution in [3.63, 3.8) is 0 Å². The highest BCUT2D eigenvalue weighted by atomic mass is 16.3. The van der Waals surface area contributed by atoms with Crippen molar-refractivity contribution in [2.24, 2.45) is 5.41 Å². The molecule has 0 aliphatic carbocycles. The highest BCUT2D eigenvalue weighted by Gasteiger charge is 2.19. The first-order valence-electron chi connectivity index (χ1n) is 4.75. The van der Waals surface area contributed by atoms with Gasteiger partial charge in [0.15, 0.2) is 0 Å². The third-order valence-electron chi connectivity index (χ3n) is 1.95. The molecular formula is C13H16O. The van der Waals surface area contributed by atoms with Crippen molar-refractivity contribution in [3.8, 4) is 11.8 Å². The van der Waals surface area contributed by atoms with Gasteiger partial charge < -0.3 is 5.11 Å². The molecule has 0 aliphatic heterocycles. The summed E-state index contributed by atoms with van der Waals surface area (Å²) in [5, 5.41) is 9.67. The van der Waals surface area contributed by atoms with Crippen molar-refractivity contribution in [2.45, 2.75) is 26.9 Å². The lowest BCUT2D eigenvalue weighted by Crippen LogP contribution is -2.23. The first-order valence-corrected chi connectivity index (χ1v) is 4.75. The van der Waals surface area contributed by atoms with Gasteiger partial charge in [-0.3, -0.25) is 0 Å². The topological polar surface area (TPSA) is 20.2 Å². The number of benzene rings is 1. The summed E-state index contributed by atoms with van der Waals surface area (Å²) in [5.74, 6) is 5.80. The van der Waals surface area contributed by atoms with Gasteiger partial charge in [0, 0.05) is 5.56 Å². The molecule has 0 amide bonds. The molecule has 1 unspecified atom stereocenters. The van der Waals surface area contributed by atoms with Gasteiger partial charge in [-0.05, 0) is 17.5 Å². The van der Waals surface area contributed by atoms with Crippen LogP contribution in [0, 0.1) is 17.3 Å². The average Bonchev–Trinajstić information content (AvgIpc) is 2.14. The molecule has 1 rings (SSSR count). The van der Waals surface area contributed by atoms with Crippen LogP contribution in [0.25, 0.3) is 0 Å². The van der Waals surface area contributed by atoms with Gasteiger partial charge >= 0.3 is 0 Å². The lowest BCUT2D eigenvalue weighted by Gasteiger charge is -2.20. The molecule has 0 radical (unpaired) electrons. The van der Waals surface area contributed by atoms with E-state index in [9.17, 15) is 5.11 Å². The second kappa shape index (κ2) is 4.30. The largest absolute Gasteiger partial charge is 0.380 e. The van der Waals surface area contributed by atoms with E-state index >= 15 is 0 Å². The van der Waals surface area contributed by atoms with E-state index in [2.05, 4.69) is 11.8 Å². The first kappa shape index (κ1) is 10.8. The summed E-state index contributed by atoms with van der Waals surface area (Å²) in [6.45, 7) is 5.91. The van der Waals surface area contributed by atoms with Gasteiger partial charge in [-0.1, -0.05) is 50.8 Å². The van der Waals surface area contributed by atoms with Crippen LogP contribution in [0.15, 0.2) is 30.3 Å². The van der Waals surface area contributed by atoms with Crippen LogP contribution in [-0.4, -0.2) is 11.2 Å². The Bertz CT molecular complexity index is 335. The smallest absolute Gasteiger partial charge is 0.119 e. The molecule has 0 saturated carbocycles. The van der Waals surface area contributed by atoms with E-state index in [1.54, 1.807) is 0 Å². The van der Waals surface area contributed by atoms with Crippen molar-refractivity contribution in [1.82, 2.24) is 0 Å². The van der Waals surface area contributed by atoms with Crippen molar-refractivity contribution in [1.29, 1.82) is 0 Å². The van der Waals surface area contributed by atoms with Crippen LogP contribution in [0.3, 0.4) is 0 Å². The summed E-state index contributed by atoms with van der Waals surface area (Å²) in [5.41, 5.74) is 0.762. The Kier molecular flexibility index (Phi) is 3.33. The molecule has 0 heterocycles. The fraction of sp³-hybridized carbons (Fsp3) is 0.385. The minimum absolute atomic E-state index is 0.179. The summed E-state index contributed by atoms with van der Waals surface area (Å²) in [6.07, 6.45) is -0.581. The van der Waals surface area contributed by atoms with E-state index in [0.29, 0.717) is 0 Å². The van der Waals surface area contributed by atoms with Crippen LogP contribution in [0.1, 0.15) is 26.3 Å². The van der Waals surface area contributed by atoms with Gasteiger partial charge in [0.25, 0.3) is 0 Å². The molecule has 1 aromatic carbocycles. The minimum atomic E-state index is -0.581. The van der Waals surface area contributed by atoms with Gasteiger partial charge in [-0.15, -0.1) is 0 Å². The van der Waals surface area contributed by atoms with Crippen molar-refractivity contribution < 1.29 is 5.11 Å². The number of aliphatic hydroxyl groups is 1. The zero-order valence-corrected chi connectivity index (χ0v) is 8.91. The Morgan fingerprint density at radius 1 is 1.14 bits per heavy atom. The summed E-state index contributed by atoms with van der Waals surface area (Å²) in [6, 6.07) is 9.69. The zero-order valence-electron chi connectivity index (χ0n) is 8.91. The summed E-state index contributed by atoms with van der Waals surface area (Å²) in [4.78, 5) is 0. The molecule has 1 aromatic rings. The molecule has 1 atom stereocenters. The molecule has 0 aromatic heterocycles. The molecule has 0 spiro atoms. The van der Waals surface area contributed by atoms with Gasteiger partial charge in [0.1, 0.15) is 6.10 Å². The molecule has 0 saturated heterocycles. The monoisotopic (exact) mass is 188 g/mol. The van der Waals surface area contributed by atoms with Crippen LogP contribution in [0.4, 0.5) is 0 Å². The first-order chi connectivity index (χ1) is 6.50. The highest BCUT2D eigenvalue weighted by molar-refractivity contribution is 5.34. The fourth-order valence-electron chi connectivity index (χ4n) is 0.890.